The van der Waals surface area contributed by atoms with Gasteiger partial charge in [0.2, 0.25) is 11.8 Å². The normalized spacial score (nSPS) is 16.9. The number of halogens is 2. The monoisotopic (exact) mass is 598 g/mol. The minimum Gasteiger partial charge on any atom is -0.358 e. The predicted octanol–water partition coefficient (Wildman–Crippen LogP) is 5.10. The highest BCUT2D eigenvalue weighted by Crippen LogP contribution is 2.22. The van der Waals surface area contributed by atoms with Crippen molar-refractivity contribution in [1.82, 2.24) is 20.4 Å². The van der Waals surface area contributed by atoms with Gasteiger partial charge >= 0.3 is 0 Å². The zero-order chi connectivity index (χ0) is 31.1. The topological polar surface area (TPSA) is 64.7 Å². The van der Waals surface area contributed by atoms with Gasteiger partial charge in [-0.1, -0.05) is 73.7 Å². The van der Waals surface area contributed by atoms with Crippen molar-refractivity contribution >= 4 is 22.6 Å². The first-order valence-electron chi connectivity index (χ1n) is 15.3. The summed E-state index contributed by atoms with van der Waals surface area (Å²) in [7, 11) is 1.67. The van der Waals surface area contributed by atoms with E-state index >= 15 is 0 Å². The van der Waals surface area contributed by atoms with Gasteiger partial charge in [0.25, 0.3) is 0 Å². The molecule has 4 aromatic carbocycles. The van der Waals surface area contributed by atoms with Crippen molar-refractivity contribution in [3.63, 3.8) is 0 Å². The summed E-state index contributed by atoms with van der Waals surface area (Å²) in [5.74, 6) is -0.712. The molecule has 0 aliphatic carbocycles. The highest BCUT2D eigenvalue weighted by Gasteiger charge is 2.37. The number of rotatable bonds is 11. The molecule has 1 aliphatic heterocycles. The van der Waals surface area contributed by atoms with Gasteiger partial charge < -0.3 is 15.5 Å². The lowest BCUT2D eigenvalue weighted by Crippen LogP contribution is -2.62. The third-order valence-electron chi connectivity index (χ3n) is 8.62. The van der Waals surface area contributed by atoms with Crippen LogP contribution in [0, 0.1) is 11.6 Å². The zero-order valence-corrected chi connectivity index (χ0v) is 25.3. The molecule has 1 saturated heterocycles. The summed E-state index contributed by atoms with van der Waals surface area (Å²) in [6.45, 7) is 4.08. The zero-order valence-electron chi connectivity index (χ0n) is 25.3. The second-order valence-corrected chi connectivity index (χ2v) is 11.5. The van der Waals surface area contributed by atoms with Crippen LogP contribution in [0.1, 0.15) is 30.0 Å². The Kier molecular flexibility index (Phi) is 10.4. The Hall–Kier alpha value is -4.14. The molecule has 0 radical (unpaired) electrons. The van der Waals surface area contributed by atoms with Crippen molar-refractivity contribution in [2.75, 3.05) is 26.7 Å². The van der Waals surface area contributed by atoms with E-state index in [1.807, 2.05) is 17.0 Å². The molecule has 1 aliphatic rings. The van der Waals surface area contributed by atoms with Crippen LogP contribution in [0.3, 0.4) is 0 Å². The van der Waals surface area contributed by atoms with E-state index in [4.69, 9.17) is 0 Å². The third-order valence-corrected chi connectivity index (χ3v) is 8.62. The van der Waals surface area contributed by atoms with Gasteiger partial charge in [-0.25, -0.2) is 8.78 Å². The maximum absolute atomic E-state index is 14.1. The van der Waals surface area contributed by atoms with E-state index in [-0.39, 0.29) is 35.5 Å². The standard InChI is InChI=1S/C36H40F2N4O2/c1-3-32-24-41(34(35(43)39-2)22-27-8-13-28-6-4-5-7-29(28)20-27)18-19-42(32)36(44)33(21-25-9-14-30(37)15-10-25)40-23-26-11-16-31(38)17-12-26/h4-17,20,32-34,40H,3,18-19,21-24H2,1-2H3,(H,39,43). The Bertz CT molecular complexity index is 1560. The number of nitrogens with one attached hydrogen (secondary N) is 2. The first-order chi connectivity index (χ1) is 21.3. The average molecular weight is 599 g/mol. The van der Waals surface area contributed by atoms with Crippen molar-refractivity contribution in [1.29, 1.82) is 0 Å². The van der Waals surface area contributed by atoms with E-state index in [1.54, 1.807) is 31.3 Å². The highest BCUT2D eigenvalue weighted by molar-refractivity contribution is 5.85. The van der Waals surface area contributed by atoms with Crippen LogP contribution < -0.4 is 10.6 Å². The van der Waals surface area contributed by atoms with Crippen LogP contribution in [0.2, 0.25) is 0 Å². The molecule has 5 rings (SSSR count). The van der Waals surface area contributed by atoms with Crippen molar-refractivity contribution in [2.24, 2.45) is 0 Å². The molecule has 3 unspecified atom stereocenters. The smallest absolute Gasteiger partial charge is 0.240 e. The lowest BCUT2D eigenvalue weighted by atomic mass is 9.97. The minimum absolute atomic E-state index is 0.0334. The van der Waals surface area contributed by atoms with Gasteiger partial charge in [0, 0.05) is 39.3 Å². The number of benzene rings is 4. The molecule has 8 heteroatoms. The van der Waals surface area contributed by atoms with Crippen LogP contribution in [0.5, 0.6) is 0 Å². The molecule has 6 nitrogen and oxygen atoms in total. The fourth-order valence-corrected chi connectivity index (χ4v) is 6.09. The number of likely N-dealkylation sites (N-methyl/N-ethyl adjacent to an activating group) is 1. The summed E-state index contributed by atoms with van der Waals surface area (Å²) >= 11 is 0. The molecule has 0 saturated carbocycles. The number of carbonyl (C=O) groups is 2. The second-order valence-electron chi connectivity index (χ2n) is 11.5. The number of hydrogen-bond donors (Lipinski definition) is 2. The number of nitrogens with zero attached hydrogens (tertiary/aromatic N) is 2. The van der Waals surface area contributed by atoms with Crippen LogP contribution in [0.15, 0.2) is 91.0 Å². The van der Waals surface area contributed by atoms with Crippen LogP contribution in [0.25, 0.3) is 10.8 Å². The summed E-state index contributed by atoms with van der Waals surface area (Å²) in [5, 5.41) is 8.54. The molecule has 44 heavy (non-hydrogen) atoms. The molecule has 0 spiro atoms. The first-order valence-corrected chi connectivity index (χ1v) is 15.3. The molecule has 1 fully saturated rings. The van der Waals surface area contributed by atoms with Gasteiger partial charge in [0.1, 0.15) is 11.6 Å². The number of amides is 2. The van der Waals surface area contributed by atoms with Gasteiger partial charge in [-0.15, -0.1) is 0 Å². The first kappa shape index (κ1) is 31.3. The molecule has 2 N–H and O–H groups in total. The van der Waals surface area contributed by atoms with Crippen molar-refractivity contribution < 1.29 is 18.4 Å². The molecular formula is C36H40F2N4O2. The van der Waals surface area contributed by atoms with Crippen molar-refractivity contribution in [2.45, 2.75) is 50.9 Å². The van der Waals surface area contributed by atoms with Crippen LogP contribution in [-0.4, -0.2) is 66.4 Å². The summed E-state index contributed by atoms with van der Waals surface area (Å²) in [6.07, 6.45) is 1.70. The Labute approximate surface area is 258 Å². The second kappa shape index (κ2) is 14.6. The summed E-state index contributed by atoms with van der Waals surface area (Å²) in [6, 6.07) is 25.9. The molecule has 0 aromatic heterocycles. The summed E-state index contributed by atoms with van der Waals surface area (Å²) in [4.78, 5) is 31.4. The van der Waals surface area contributed by atoms with Crippen LogP contribution in [0.4, 0.5) is 8.78 Å². The Morgan fingerprint density at radius 1 is 0.818 bits per heavy atom. The van der Waals surface area contributed by atoms with Gasteiger partial charge in [0.05, 0.1) is 12.1 Å². The van der Waals surface area contributed by atoms with Crippen LogP contribution in [-0.2, 0) is 29.0 Å². The van der Waals surface area contributed by atoms with E-state index in [0.717, 1.165) is 33.9 Å². The van der Waals surface area contributed by atoms with E-state index in [2.05, 4.69) is 52.8 Å². The largest absolute Gasteiger partial charge is 0.358 e. The van der Waals surface area contributed by atoms with E-state index in [9.17, 15) is 18.4 Å². The molecule has 3 atom stereocenters. The Morgan fingerprint density at radius 2 is 1.45 bits per heavy atom. The molecule has 2 amide bonds. The SMILES string of the molecule is CCC1CN(C(Cc2ccc3ccccc3c2)C(=O)NC)CCN1C(=O)C(Cc1ccc(F)cc1)NCc1ccc(F)cc1. The quantitative estimate of drug-likeness (QED) is 0.252. The van der Waals surface area contributed by atoms with Crippen molar-refractivity contribution in [3.8, 4) is 0 Å². The van der Waals surface area contributed by atoms with Gasteiger partial charge in [0.15, 0.2) is 0 Å². The number of piperazine rings is 1. The fraction of sp³-hybridized carbons (Fsp3) is 0.333. The molecule has 0 bridgehead atoms. The minimum atomic E-state index is -0.557. The Balaban J connectivity index is 1.32. The van der Waals surface area contributed by atoms with Crippen LogP contribution >= 0.6 is 0 Å². The maximum atomic E-state index is 14.1. The summed E-state index contributed by atoms with van der Waals surface area (Å²) < 4.78 is 27.1. The van der Waals surface area contributed by atoms with Crippen molar-refractivity contribution in [3.05, 3.63) is 119 Å². The average Bonchev–Trinajstić information content (AvgIpc) is 3.06. The molecular weight excluding hydrogens is 558 g/mol. The molecule has 230 valence electrons. The highest BCUT2D eigenvalue weighted by atomic mass is 19.1. The maximum Gasteiger partial charge on any atom is 0.240 e. The molecule has 4 aromatic rings. The van der Waals surface area contributed by atoms with Gasteiger partial charge in [-0.3, -0.25) is 14.5 Å². The number of hydrogen-bond acceptors (Lipinski definition) is 4. The number of fused-ring (bicyclic) bond motifs is 1. The Morgan fingerprint density at radius 3 is 2.11 bits per heavy atom. The van der Waals surface area contributed by atoms with E-state index < -0.39 is 6.04 Å². The lowest BCUT2D eigenvalue weighted by molar-refractivity contribution is -0.140. The van der Waals surface area contributed by atoms with E-state index in [0.29, 0.717) is 39.0 Å². The summed E-state index contributed by atoms with van der Waals surface area (Å²) in [5.41, 5.74) is 2.80. The lowest BCUT2D eigenvalue weighted by Gasteiger charge is -2.45. The van der Waals surface area contributed by atoms with Gasteiger partial charge in [-0.2, -0.15) is 0 Å². The molecule has 1 heterocycles. The number of carbonyl (C=O) groups excluding carboxylic acids is 2. The predicted molar refractivity (Wildman–Crippen MR) is 170 cm³/mol. The van der Waals surface area contributed by atoms with Gasteiger partial charge in [-0.05, 0) is 71.0 Å². The van der Waals surface area contributed by atoms with E-state index in [1.165, 1.54) is 24.3 Å². The third kappa shape index (κ3) is 7.68. The fourth-order valence-electron chi connectivity index (χ4n) is 6.09.